The summed E-state index contributed by atoms with van der Waals surface area (Å²) in [5.41, 5.74) is 2.81. The lowest BCUT2D eigenvalue weighted by Crippen LogP contribution is -2.36. The third-order valence-corrected chi connectivity index (χ3v) is 4.50. The van der Waals surface area contributed by atoms with Gasteiger partial charge in [0, 0.05) is 6.04 Å². The third kappa shape index (κ3) is 3.14. The lowest BCUT2D eigenvalue weighted by molar-refractivity contribution is -0.123. The topological polar surface area (TPSA) is 38.3 Å². The molecule has 2 aliphatic carbocycles. The van der Waals surface area contributed by atoms with E-state index in [1.807, 2.05) is 6.07 Å². The van der Waals surface area contributed by atoms with Crippen molar-refractivity contribution < 1.29 is 9.53 Å². The molecule has 2 unspecified atom stereocenters. The molecule has 0 radical (unpaired) electrons. The van der Waals surface area contributed by atoms with Gasteiger partial charge in [0.1, 0.15) is 5.75 Å². The van der Waals surface area contributed by atoms with Crippen molar-refractivity contribution in [1.29, 1.82) is 0 Å². The van der Waals surface area contributed by atoms with Gasteiger partial charge < -0.3 is 10.1 Å². The molecule has 20 heavy (non-hydrogen) atoms. The van der Waals surface area contributed by atoms with Crippen LogP contribution in [0.3, 0.4) is 0 Å². The Kier molecular flexibility index (Phi) is 3.95. The largest absolute Gasteiger partial charge is 0.484 e. The molecule has 1 amide bonds. The average molecular weight is 273 g/mol. The van der Waals surface area contributed by atoms with Crippen molar-refractivity contribution in [3.05, 3.63) is 29.3 Å². The Bertz CT molecular complexity index is 498. The van der Waals surface area contributed by atoms with E-state index in [1.165, 1.54) is 30.4 Å². The van der Waals surface area contributed by atoms with E-state index in [2.05, 4.69) is 24.4 Å². The monoisotopic (exact) mass is 273 g/mol. The molecule has 0 bridgehead atoms. The first kappa shape index (κ1) is 13.5. The fourth-order valence-corrected chi connectivity index (χ4v) is 3.39. The summed E-state index contributed by atoms with van der Waals surface area (Å²) in [5.74, 6) is 1.56. The Hall–Kier alpha value is -1.51. The van der Waals surface area contributed by atoms with Crippen molar-refractivity contribution in [1.82, 2.24) is 5.32 Å². The van der Waals surface area contributed by atoms with Crippen LogP contribution in [0.25, 0.3) is 0 Å². The summed E-state index contributed by atoms with van der Waals surface area (Å²) in [6.07, 6.45) is 6.97. The van der Waals surface area contributed by atoms with Crippen molar-refractivity contribution >= 4 is 5.91 Å². The Morgan fingerprint density at radius 3 is 2.95 bits per heavy atom. The van der Waals surface area contributed by atoms with Crippen molar-refractivity contribution in [2.75, 3.05) is 6.61 Å². The first-order valence-electron chi connectivity index (χ1n) is 7.74. The van der Waals surface area contributed by atoms with Crippen LogP contribution in [0.15, 0.2) is 18.2 Å². The number of carbonyl (C=O) groups excluding carboxylic acids is 1. The number of ether oxygens (including phenoxy) is 1. The van der Waals surface area contributed by atoms with Gasteiger partial charge in [-0.2, -0.15) is 0 Å². The highest BCUT2D eigenvalue weighted by Crippen LogP contribution is 2.26. The first-order valence-corrected chi connectivity index (χ1v) is 7.74. The van der Waals surface area contributed by atoms with Gasteiger partial charge in [-0.25, -0.2) is 0 Å². The van der Waals surface area contributed by atoms with Crippen LogP contribution in [-0.4, -0.2) is 18.6 Å². The second-order valence-corrected chi connectivity index (χ2v) is 6.26. The van der Waals surface area contributed by atoms with Gasteiger partial charge in [-0.3, -0.25) is 4.79 Å². The summed E-state index contributed by atoms with van der Waals surface area (Å²) in [6.45, 7) is 2.37. The van der Waals surface area contributed by atoms with E-state index in [0.29, 0.717) is 6.04 Å². The number of aryl methyl sites for hydroxylation is 2. The van der Waals surface area contributed by atoms with E-state index in [1.54, 1.807) is 0 Å². The number of hydrogen-bond acceptors (Lipinski definition) is 2. The van der Waals surface area contributed by atoms with Gasteiger partial charge in [0.15, 0.2) is 6.61 Å². The van der Waals surface area contributed by atoms with Crippen LogP contribution in [0, 0.1) is 5.92 Å². The molecule has 2 atom stereocenters. The smallest absolute Gasteiger partial charge is 0.258 e. The number of hydrogen-bond donors (Lipinski definition) is 1. The zero-order valence-electron chi connectivity index (χ0n) is 12.2. The summed E-state index contributed by atoms with van der Waals surface area (Å²) in [5, 5.41) is 3.07. The van der Waals surface area contributed by atoms with Gasteiger partial charge in [0.2, 0.25) is 0 Å². The molecule has 1 saturated carbocycles. The molecule has 3 nitrogen and oxygen atoms in total. The van der Waals surface area contributed by atoms with E-state index in [4.69, 9.17) is 4.74 Å². The molecule has 1 aromatic rings. The molecule has 1 aromatic carbocycles. The lowest BCUT2D eigenvalue weighted by atomic mass is 10.1. The molecular weight excluding hydrogens is 250 g/mol. The van der Waals surface area contributed by atoms with E-state index >= 15 is 0 Å². The highest BCUT2D eigenvalue weighted by atomic mass is 16.5. The third-order valence-electron chi connectivity index (χ3n) is 4.50. The van der Waals surface area contributed by atoms with Crippen LogP contribution < -0.4 is 10.1 Å². The van der Waals surface area contributed by atoms with Crippen molar-refractivity contribution in [2.24, 2.45) is 5.92 Å². The van der Waals surface area contributed by atoms with Gasteiger partial charge in [-0.1, -0.05) is 13.0 Å². The Balaban J connectivity index is 1.48. The number of carbonyl (C=O) groups is 1. The van der Waals surface area contributed by atoms with Gasteiger partial charge in [0.25, 0.3) is 5.91 Å². The molecular formula is C17H23NO2. The Morgan fingerprint density at radius 2 is 2.15 bits per heavy atom. The molecule has 3 rings (SSSR count). The maximum Gasteiger partial charge on any atom is 0.258 e. The number of fused-ring (bicyclic) bond motifs is 1. The van der Waals surface area contributed by atoms with Gasteiger partial charge in [0.05, 0.1) is 0 Å². The highest BCUT2D eigenvalue weighted by Gasteiger charge is 2.22. The number of amides is 1. The van der Waals surface area contributed by atoms with Gasteiger partial charge in [-0.15, -0.1) is 0 Å². The predicted octanol–water partition coefficient (Wildman–Crippen LogP) is 2.86. The average Bonchev–Trinajstić information content (AvgIpc) is 3.04. The van der Waals surface area contributed by atoms with Gasteiger partial charge in [-0.05, 0) is 67.7 Å². The molecule has 0 aromatic heterocycles. The standard InChI is InChI=1S/C17H23NO2/c1-12-5-7-15(9-12)18-17(19)11-20-16-8-6-13-3-2-4-14(13)10-16/h6,8,10,12,15H,2-5,7,9,11H2,1H3,(H,18,19). The minimum Gasteiger partial charge on any atom is -0.484 e. The number of nitrogens with one attached hydrogen (secondary N) is 1. The fourth-order valence-electron chi connectivity index (χ4n) is 3.39. The molecule has 0 spiro atoms. The fraction of sp³-hybridized carbons (Fsp3) is 0.588. The van der Waals surface area contributed by atoms with E-state index < -0.39 is 0 Å². The predicted molar refractivity (Wildman–Crippen MR) is 78.9 cm³/mol. The zero-order valence-corrected chi connectivity index (χ0v) is 12.2. The summed E-state index contributed by atoms with van der Waals surface area (Å²) in [4.78, 5) is 11.9. The van der Waals surface area contributed by atoms with E-state index in [-0.39, 0.29) is 12.5 Å². The maximum absolute atomic E-state index is 11.9. The van der Waals surface area contributed by atoms with Crippen LogP contribution in [0.1, 0.15) is 43.7 Å². The second kappa shape index (κ2) is 5.86. The van der Waals surface area contributed by atoms with Crippen LogP contribution in [-0.2, 0) is 17.6 Å². The van der Waals surface area contributed by atoms with E-state index in [0.717, 1.165) is 30.9 Å². The molecule has 2 aliphatic rings. The summed E-state index contributed by atoms with van der Waals surface area (Å²) >= 11 is 0. The number of rotatable bonds is 4. The van der Waals surface area contributed by atoms with Crippen LogP contribution in [0.2, 0.25) is 0 Å². The maximum atomic E-state index is 11.9. The highest BCUT2D eigenvalue weighted by molar-refractivity contribution is 5.77. The molecule has 3 heteroatoms. The SMILES string of the molecule is CC1CCC(NC(=O)COc2ccc3c(c2)CCC3)C1. The van der Waals surface area contributed by atoms with Gasteiger partial charge >= 0.3 is 0 Å². The van der Waals surface area contributed by atoms with Crippen molar-refractivity contribution in [2.45, 2.75) is 51.5 Å². The summed E-state index contributed by atoms with van der Waals surface area (Å²) < 4.78 is 5.62. The molecule has 0 saturated heterocycles. The van der Waals surface area contributed by atoms with Crippen LogP contribution in [0.4, 0.5) is 0 Å². The van der Waals surface area contributed by atoms with Crippen LogP contribution >= 0.6 is 0 Å². The number of benzene rings is 1. The minimum absolute atomic E-state index is 0.00426. The second-order valence-electron chi connectivity index (χ2n) is 6.26. The Morgan fingerprint density at radius 1 is 1.30 bits per heavy atom. The Labute approximate surface area is 120 Å². The molecule has 1 N–H and O–H groups in total. The van der Waals surface area contributed by atoms with Crippen LogP contribution in [0.5, 0.6) is 5.75 Å². The normalized spacial score (nSPS) is 24.4. The van der Waals surface area contributed by atoms with E-state index in [9.17, 15) is 4.79 Å². The quantitative estimate of drug-likeness (QED) is 0.916. The van der Waals surface area contributed by atoms with Crippen molar-refractivity contribution in [3.63, 3.8) is 0 Å². The zero-order chi connectivity index (χ0) is 13.9. The molecule has 108 valence electrons. The van der Waals surface area contributed by atoms with Crippen molar-refractivity contribution in [3.8, 4) is 5.75 Å². The minimum atomic E-state index is 0.00426. The molecule has 0 heterocycles. The molecule has 0 aliphatic heterocycles. The summed E-state index contributed by atoms with van der Waals surface area (Å²) in [7, 11) is 0. The lowest BCUT2D eigenvalue weighted by Gasteiger charge is -2.13. The summed E-state index contributed by atoms with van der Waals surface area (Å²) in [6, 6.07) is 6.55. The molecule has 1 fully saturated rings. The first-order chi connectivity index (χ1) is 9.70.